The van der Waals surface area contributed by atoms with Gasteiger partial charge in [-0.2, -0.15) is 0 Å². The third-order valence-electron chi connectivity index (χ3n) is 3.67. The van der Waals surface area contributed by atoms with Gasteiger partial charge in [0.25, 0.3) is 5.91 Å². The van der Waals surface area contributed by atoms with Crippen LogP contribution in [0.4, 0.5) is 5.13 Å². The normalized spacial score (nSPS) is 11.0. The highest BCUT2D eigenvalue weighted by Crippen LogP contribution is 2.36. The lowest BCUT2D eigenvalue weighted by atomic mass is 10.2. The second-order valence-corrected chi connectivity index (χ2v) is 8.49. The summed E-state index contributed by atoms with van der Waals surface area (Å²) in [6, 6.07) is 12.9. The molecular formula is C18H9Cl3N2OS2. The molecule has 0 aliphatic carbocycles. The Labute approximate surface area is 172 Å². The number of anilines is 1. The van der Waals surface area contributed by atoms with E-state index in [1.54, 1.807) is 18.2 Å². The molecule has 0 atom stereocenters. The van der Waals surface area contributed by atoms with E-state index in [-0.39, 0.29) is 5.91 Å². The molecule has 0 aliphatic rings. The number of carbonyl (C=O) groups is 1. The van der Waals surface area contributed by atoms with Crippen molar-refractivity contribution in [3.8, 4) is 11.3 Å². The summed E-state index contributed by atoms with van der Waals surface area (Å²) in [5, 5.41) is 7.51. The predicted octanol–water partition coefficient (Wildman–Crippen LogP) is 7.24. The summed E-state index contributed by atoms with van der Waals surface area (Å²) in [4.78, 5) is 17.5. The van der Waals surface area contributed by atoms with Gasteiger partial charge in [-0.25, -0.2) is 4.98 Å². The van der Waals surface area contributed by atoms with Crippen LogP contribution in [0.25, 0.3) is 21.3 Å². The Bertz CT molecular complexity index is 1140. The van der Waals surface area contributed by atoms with Crippen molar-refractivity contribution >= 4 is 78.6 Å². The van der Waals surface area contributed by atoms with Gasteiger partial charge >= 0.3 is 0 Å². The SMILES string of the molecule is O=C(Nc1nc(-c2ccc(Cl)cc2Cl)cs1)c1sc2ccccc2c1Cl. The average Bonchev–Trinajstić information content (AvgIpc) is 3.20. The van der Waals surface area contributed by atoms with Crippen LogP contribution in [0.3, 0.4) is 0 Å². The third kappa shape index (κ3) is 3.33. The number of hydrogen-bond acceptors (Lipinski definition) is 4. The molecule has 2 aromatic carbocycles. The van der Waals surface area contributed by atoms with Crippen LogP contribution in [0.1, 0.15) is 9.67 Å². The van der Waals surface area contributed by atoms with Gasteiger partial charge in [0.2, 0.25) is 0 Å². The molecule has 0 unspecified atom stereocenters. The van der Waals surface area contributed by atoms with E-state index in [1.807, 2.05) is 29.6 Å². The summed E-state index contributed by atoms with van der Waals surface area (Å²) in [6.45, 7) is 0. The number of rotatable bonds is 3. The molecule has 8 heteroatoms. The molecule has 0 saturated heterocycles. The molecule has 130 valence electrons. The third-order valence-corrected chi connectivity index (χ3v) is 6.65. The first kappa shape index (κ1) is 17.8. The van der Waals surface area contributed by atoms with Gasteiger partial charge in [-0.15, -0.1) is 22.7 Å². The molecule has 0 spiro atoms. The second-order valence-electron chi connectivity index (χ2n) is 5.36. The first-order valence-corrected chi connectivity index (χ1v) is 10.3. The summed E-state index contributed by atoms with van der Waals surface area (Å²) in [5.41, 5.74) is 1.43. The summed E-state index contributed by atoms with van der Waals surface area (Å²) in [7, 11) is 0. The molecule has 2 aromatic heterocycles. The van der Waals surface area contributed by atoms with Gasteiger partial charge in [0, 0.05) is 26.1 Å². The van der Waals surface area contributed by atoms with Crippen LogP contribution >= 0.6 is 57.5 Å². The van der Waals surface area contributed by atoms with Crippen LogP contribution in [0, 0.1) is 0 Å². The molecule has 0 fully saturated rings. The van der Waals surface area contributed by atoms with Gasteiger partial charge in [-0.1, -0.05) is 53.0 Å². The van der Waals surface area contributed by atoms with Gasteiger partial charge in [0.1, 0.15) is 4.88 Å². The van der Waals surface area contributed by atoms with Crippen LogP contribution in [0.15, 0.2) is 47.8 Å². The average molecular weight is 440 g/mol. The van der Waals surface area contributed by atoms with Crippen LogP contribution in [0.5, 0.6) is 0 Å². The minimum absolute atomic E-state index is 0.278. The Morgan fingerprint density at radius 2 is 1.88 bits per heavy atom. The van der Waals surface area contributed by atoms with Gasteiger partial charge in [-0.3, -0.25) is 10.1 Å². The number of thiazole rings is 1. The van der Waals surface area contributed by atoms with Crippen molar-refractivity contribution in [2.45, 2.75) is 0 Å². The summed E-state index contributed by atoms with van der Waals surface area (Å²) in [5.74, 6) is -0.278. The monoisotopic (exact) mass is 438 g/mol. The topological polar surface area (TPSA) is 42.0 Å². The zero-order chi connectivity index (χ0) is 18.3. The van der Waals surface area contributed by atoms with Crippen molar-refractivity contribution in [3.63, 3.8) is 0 Å². The number of hydrogen-bond donors (Lipinski definition) is 1. The maximum absolute atomic E-state index is 12.6. The molecular weight excluding hydrogens is 431 g/mol. The van der Waals surface area contributed by atoms with Gasteiger partial charge in [0.15, 0.2) is 5.13 Å². The highest BCUT2D eigenvalue weighted by atomic mass is 35.5. The number of aromatic nitrogens is 1. The van der Waals surface area contributed by atoms with Crippen LogP contribution in [-0.2, 0) is 0 Å². The minimum atomic E-state index is -0.278. The molecule has 3 nitrogen and oxygen atoms in total. The first-order chi connectivity index (χ1) is 12.5. The Hall–Kier alpha value is -1.63. The summed E-state index contributed by atoms with van der Waals surface area (Å²) >= 11 is 21.2. The van der Waals surface area contributed by atoms with Gasteiger partial charge < -0.3 is 0 Å². The Morgan fingerprint density at radius 1 is 1.08 bits per heavy atom. The standard InChI is InChI=1S/C18H9Cl3N2OS2/c19-9-5-6-10(12(20)7-9)13-8-25-18(22-13)23-17(24)16-15(21)11-3-1-2-4-14(11)26-16/h1-8H,(H,22,23,24). The molecule has 0 radical (unpaired) electrons. The number of halogens is 3. The van der Waals surface area contributed by atoms with Crippen molar-refractivity contribution in [3.05, 3.63) is 67.8 Å². The Kier molecular flexibility index (Phi) is 4.90. The number of benzene rings is 2. The van der Waals surface area contributed by atoms with Gasteiger partial charge in [-0.05, 0) is 24.3 Å². The van der Waals surface area contributed by atoms with Crippen molar-refractivity contribution in [2.24, 2.45) is 0 Å². The zero-order valence-corrected chi connectivity index (χ0v) is 16.8. The van der Waals surface area contributed by atoms with E-state index in [2.05, 4.69) is 10.3 Å². The highest BCUT2D eigenvalue weighted by Gasteiger charge is 2.18. The Morgan fingerprint density at radius 3 is 2.65 bits per heavy atom. The van der Waals surface area contributed by atoms with Crippen molar-refractivity contribution < 1.29 is 4.79 Å². The molecule has 4 rings (SSSR count). The fourth-order valence-electron chi connectivity index (χ4n) is 2.47. The minimum Gasteiger partial charge on any atom is -0.297 e. The van der Waals surface area contributed by atoms with E-state index >= 15 is 0 Å². The zero-order valence-electron chi connectivity index (χ0n) is 12.9. The molecule has 26 heavy (non-hydrogen) atoms. The van der Waals surface area contributed by atoms with Crippen molar-refractivity contribution in [1.29, 1.82) is 0 Å². The second kappa shape index (κ2) is 7.18. The van der Waals surface area contributed by atoms with Gasteiger partial charge in [0.05, 0.1) is 15.7 Å². The lowest BCUT2D eigenvalue weighted by Crippen LogP contribution is -2.10. The molecule has 1 amide bonds. The van der Waals surface area contributed by atoms with E-state index in [1.165, 1.54) is 22.7 Å². The van der Waals surface area contributed by atoms with Crippen LogP contribution < -0.4 is 5.32 Å². The number of nitrogens with zero attached hydrogens (tertiary/aromatic N) is 1. The van der Waals surface area contributed by atoms with E-state index in [4.69, 9.17) is 34.8 Å². The largest absolute Gasteiger partial charge is 0.297 e. The molecule has 0 aliphatic heterocycles. The Balaban J connectivity index is 1.60. The number of carbonyl (C=O) groups excluding carboxylic acids is 1. The number of thiophene rings is 1. The van der Waals surface area contributed by atoms with E-state index in [9.17, 15) is 4.79 Å². The molecule has 2 heterocycles. The van der Waals surface area contributed by atoms with E-state index in [0.717, 1.165) is 15.6 Å². The predicted molar refractivity (Wildman–Crippen MR) is 112 cm³/mol. The number of fused-ring (bicyclic) bond motifs is 1. The lowest BCUT2D eigenvalue weighted by Gasteiger charge is -2.01. The molecule has 4 aromatic rings. The first-order valence-electron chi connectivity index (χ1n) is 7.42. The van der Waals surface area contributed by atoms with Crippen molar-refractivity contribution in [1.82, 2.24) is 4.98 Å². The van der Waals surface area contributed by atoms with E-state index < -0.39 is 0 Å². The highest BCUT2D eigenvalue weighted by molar-refractivity contribution is 7.21. The number of nitrogens with one attached hydrogen (secondary N) is 1. The quantitative estimate of drug-likeness (QED) is 0.365. The maximum atomic E-state index is 12.6. The fraction of sp³-hybridized carbons (Fsp3) is 0. The van der Waals surface area contributed by atoms with Crippen LogP contribution in [0.2, 0.25) is 15.1 Å². The smallest absolute Gasteiger partial charge is 0.269 e. The van der Waals surface area contributed by atoms with Crippen LogP contribution in [-0.4, -0.2) is 10.9 Å². The molecule has 0 bridgehead atoms. The summed E-state index contributed by atoms with van der Waals surface area (Å²) in [6.07, 6.45) is 0. The lowest BCUT2D eigenvalue weighted by molar-refractivity contribution is 0.103. The molecule has 0 saturated carbocycles. The summed E-state index contributed by atoms with van der Waals surface area (Å²) < 4.78 is 0.968. The number of amides is 1. The maximum Gasteiger partial charge on any atom is 0.269 e. The molecule has 1 N–H and O–H groups in total. The fourth-order valence-corrected chi connectivity index (χ4v) is 5.09. The van der Waals surface area contributed by atoms with Crippen molar-refractivity contribution in [2.75, 3.05) is 5.32 Å². The van der Waals surface area contributed by atoms with E-state index in [0.29, 0.717) is 30.8 Å².